The second kappa shape index (κ2) is 6.88. The van der Waals surface area contributed by atoms with Crippen LogP contribution in [0.15, 0.2) is 24.3 Å². The largest absolute Gasteiger partial charge is 0.416 e. The van der Waals surface area contributed by atoms with Crippen LogP contribution in [0.5, 0.6) is 0 Å². The zero-order valence-electron chi connectivity index (χ0n) is 13.1. The van der Waals surface area contributed by atoms with E-state index in [4.69, 9.17) is 10.5 Å². The molecule has 0 aromatic heterocycles. The van der Waals surface area contributed by atoms with E-state index in [2.05, 4.69) is 0 Å². The molecule has 7 heteroatoms. The van der Waals surface area contributed by atoms with Crippen LogP contribution in [0, 0.1) is 5.92 Å². The highest BCUT2D eigenvalue weighted by Gasteiger charge is 2.33. The normalized spacial score (nSPS) is 20.7. The molecule has 1 aliphatic heterocycles. The molecule has 1 aliphatic rings. The van der Waals surface area contributed by atoms with E-state index in [0.29, 0.717) is 12.1 Å². The molecular weight excluding hydrogens is 309 g/mol. The van der Waals surface area contributed by atoms with E-state index < -0.39 is 23.9 Å². The minimum Gasteiger partial charge on any atom is -0.370 e. The van der Waals surface area contributed by atoms with E-state index in [-0.39, 0.29) is 25.0 Å². The number of ether oxygens (including phenoxy) is 1. The van der Waals surface area contributed by atoms with Crippen molar-refractivity contribution in [1.82, 2.24) is 4.90 Å². The Morgan fingerprint density at radius 3 is 2.70 bits per heavy atom. The molecule has 0 spiro atoms. The molecule has 1 aromatic rings. The van der Waals surface area contributed by atoms with Crippen LogP contribution in [0.2, 0.25) is 0 Å². The van der Waals surface area contributed by atoms with Gasteiger partial charge in [0.05, 0.1) is 24.8 Å². The molecule has 0 aliphatic carbocycles. The van der Waals surface area contributed by atoms with Gasteiger partial charge in [0, 0.05) is 6.54 Å². The van der Waals surface area contributed by atoms with Crippen molar-refractivity contribution in [1.29, 1.82) is 0 Å². The quantitative estimate of drug-likeness (QED) is 0.927. The number of hydrogen-bond donors (Lipinski definition) is 1. The maximum Gasteiger partial charge on any atom is 0.416 e. The van der Waals surface area contributed by atoms with Crippen molar-refractivity contribution in [2.45, 2.75) is 32.2 Å². The Morgan fingerprint density at radius 2 is 2.09 bits per heavy atom. The number of nitrogens with two attached hydrogens (primary N) is 1. The van der Waals surface area contributed by atoms with Crippen LogP contribution < -0.4 is 5.73 Å². The molecule has 1 amide bonds. The van der Waals surface area contributed by atoms with Gasteiger partial charge in [0.15, 0.2) is 0 Å². The average molecular weight is 330 g/mol. The highest BCUT2D eigenvalue weighted by atomic mass is 19.4. The summed E-state index contributed by atoms with van der Waals surface area (Å²) in [5.74, 6) is -0.197. The summed E-state index contributed by atoms with van der Waals surface area (Å²) >= 11 is 0. The third-order valence-corrected chi connectivity index (χ3v) is 3.97. The van der Waals surface area contributed by atoms with Crippen molar-refractivity contribution in [2.75, 3.05) is 19.7 Å². The molecule has 128 valence electrons. The summed E-state index contributed by atoms with van der Waals surface area (Å²) < 4.78 is 44.0. The molecule has 23 heavy (non-hydrogen) atoms. The first-order chi connectivity index (χ1) is 10.7. The zero-order chi connectivity index (χ0) is 17.2. The summed E-state index contributed by atoms with van der Waals surface area (Å²) in [4.78, 5) is 13.9. The number of benzene rings is 1. The molecule has 0 unspecified atom stereocenters. The van der Waals surface area contributed by atoms with Crippen molar-refractivity contribution in [3.63, 3.8) is 0 Å². The molecule has 0 bridgehead atoms. The molecule has 1 saturated heterocycles. The predicted molar refractivity (Wildman–Crippen MR) is 79.5 cm³/mol. The van der Waals surface area contributed by atoms with Gasteiger partial charge in [0.2, 0.25) is 5.91 Å². The fourth-order valence-corrected chi connectivity index (χ4v) is 2.46. The standard InChI is InChI=1S/C16H21F3N2O2/c1-10(2)14(20)15(22)21-6-7-23-13(9-21)11-4-3-5-12(8-11)16(17,18)19/h3-5,8,10,13-14H,6-7,9,20H2,1-2H3/t13-,14-/m1/s1. The molecule has 0 saturated carbocycles. The third-order valence-electron chi connectivity index (χ3n) is 3.97. The van der Waals surface area contributed by atoms with Gasteiger partial charge >= 0.3 is 6.18 Å². The van der Waals surface area contributed by atoms with E-state index in [1.807, 2.05) is 13.8 Å². The fraction of sp³-hybridized carbons (Fsp3) is 0.562. The monoisotopic (exact) mass is 330 g/mol. The fourth-order valence-electron chi connectivity index (χ4n) is 2.46. The Balaban J connectivity index is 2.14. The maximum atomic E-state index is 12.8. The van der Waals surface area contributed by atoms with Crippen molar-refractivity contribution >= 4 is 5.91 Å². The molecule has 2 rings (SSSR count). The van der Waals surface area contributed by atoms with Gasteiger partial charge in [-0.3, -0.25) is 4.79 Å². The molecule has 2 N–H and O–H groups in total. The van der Waals surface area contributed by atoms with Crippen LogP contribution >= 0.6 is 0 Å². The summed E-state index contributed by atoms with van der Waals surface area (Å²) in [5, 5.41) is 0. The lowest BCUT2D eigenvalue weighted by Crippen LogP contribution is -2.51. The number of morpholine rings is 1. The van der Waals surface area contributed by atoms with Gasteiger partial charge < -0.3 is 15.4 Å². The van der Waals surface area contributed by atoms with Crippen LogP contribution in [0.1, 0.15) is 31.1 Å². The van der Waals surface area contributed by atoms with Crippen molar-refractivity contribution in [3.8, 4) is 0 Å². The number of rotatable bonds is 3. The van der Waals surface area contributed by atoms with E-state index in [9.17, 15) is 18.0 Å². The number of nitrogens with zero attached hydrogens (tertiary/aromatic N) is 1. The molecule has 2 atom stereocenters. The molecule has 0 radical (unpaired) electrons. The Kier molecular flexibility index (Phi) is 5.31. The number of amides is 1. The van der Waals surface area contributed by atoms with Crippen molar-refractivity contribution in [2.24, 2.45) is 11.7 Å². The van der Waals surface area contributed by atoms with Gasteiger partial charge in [-0.1, -0.05) is 26.0 Å². The molecule has 1 heterocycles. The summed E-state index contributed by atoms with van der Waals surface area (Å²) in [6.45, 7) is 4.59. The van der Waals surface area contributed by atoms with Crippen LogP contribution in [0.4, 0.5) is 13.2 Å². The number of carbonyl (C=O) groups is 1. The van der Waals surface area contributed by atoms with E-state index in [1.165, 1.54) is 6.07 Å². The zero-order valence-corrected chi connectivity index (χ0v) is 13.1. The first-order valence-electron chi connectivity index (χ1n) is 7.53. The summed E-state index contributed by atoms with van der Waals surface area (Å²) in [7, 11) is 0. The summed E-state index contributed by atoms with van der Waals surface area (Å²) in [6.07, 6.45) is -4.98. The number of carbonyl (C=O) groups excluding carboxylic acids is 1. The van der Waals surface area contributed by atoms with Gasteiger partial charge in [0.25, 0.3) is 0 Å². The second-order valence-electron chi connectivity index (χ2n) is 6.04. The summed E-state index contributed by atoms with van der Waals surface area (Å²) in [6, 6.07) is 4.40. The smallest absolute Gasteiger partial charge is 0.370 e. The lowest BCUT2D eigenvalue weighted by Gasteiger charge is -2.35. The van der Waals surface area contributed by atoms with Crippen LogP contribution in [-0.2, 0) is 15.7 Å². The highest BCUT2D eigenvalue weighted by molar-refractivity contribution is 5.82. The summed E-state index contributed by atoms with van der Waals surface area (Å²) in [5.41, 5.74) is 5.57. The number of halogens is 3. The first-order valence-corrected chi connectivity index (χ1v) is 7.53. The van der Waals surface area contributed by atoms with Gasteiger partial charge in [0.1, 0.15) is 6.10 Å². The average Bonchev–Trinajstić information content (AvgIpc) is 2.53. The van der Waals surface area contributed by atoms with Gasteiger partial charge in [-0.05, 0) is 23.6 Å². The van der Waals surface area contributed by atoms with E-state index >= 15 is 0 Å². The van der Waals surface area contributed by atoms with Crippen LogP contribution in [0.25, 0.3) is 0 Å². The van der Waals surface area contributed by atoms with Crippen molar-refractivity contribution < 1.29 is 22.7 Å². The lowest BCUT2D eigenvalue weighted by molar-refractivity contribution is -0.142. The van der Waals surface area contributed by atoms with E-state index in [0.717, 1.165) is 12.1 Å². The topological polar surface area (TPSA) is 55.6 Å². The van der Waals surface area contributed by atoms with Crippen LogP contribution in [-0.4, -0.2) is 36.5 Å². The maximum absolute atomic E-state index is 12.8. The van der Waals surface area contributed by atoms with Gasteiger partial charge in [-0.25, -0.2) is 0 Å². The minimum atomic E-state index is -4.40. The third kappa shape index (κ3) is 4.23. The molecule has 4 nitrogen and oxygen atoms in total. The predicted octanol–water partition coefficient (Wildman–Crippen LogP) is 2.59. The Hall–Kier alpha value is -1.60. The van der Waals surface area contributed by atoms with Gasteiger partial charge in [-0.15, -0.1) is 0 Å². The number of alkyl halides is 3. The Bertz CT molecular complexity index is 561. The lowest BCUT2D eigenvalue weighted by atomic mass is 10.0. The first kappa shape index (κ1) is 17.7. The number of hydrogen-bond acceptors (Lipinski definition) is 3. The Morgan fingerprint density at radius 1 is 1.39 bits per heavy atom. The molecular formula is C16H21F3N2O2. The minimum absolute atomic E-state index is 0.00245. The van der Waals surface area contributed by atoms with Crippen molar-refractivity contribution in [3.05, 3.63) is 35.4 Å². The molecule has 1 fully saturated rings. The van der Waals surface area contributed by atoms with E-state index in [1.54, 1.807) is 11.0 Å². The SMILES string of the molecule is CC(C)[C@@H](N)C(=O)N1CCO[C@@H](c2cccc(C(F)(F)F)c2)C1. The Labute approximate surface area is 133 Å². The van der Waals surface area contributed by atoms with Crippen LogP contribution in [0.3, 0.4) is 0 Å². The van der Waals surface area contributed by atoms with Gasteiger partial charge in [-0.2, -0.15) is 13.2 Å². The molecule has 1 aromatic carbocycles. The highest BCUT2D eigenvalue weighted by Crippen LogP contribution is 2.32. The second-order valence-corrected chi connectivity index (χ2v) is 6.04.